The largest absolute Gasteiger partial charge is 0.454 e. The molecular formula is C22H28ClN3O3+2. The molecule has 0 unspecified atom stereocenters. The third-order valence-corrected chi connectivity index (χ3v) is 6.06. The monoisotopic (exact) mass is 417 g/mol. The predicted octanol–water partition coefficient (Wildman–Crippen LogP) is 0.230. The van der Waals surface area contributed by atoms with Crippen molar-refractivity contribution in [2.45, 2.75) is 19.5 Å². The molecule has 1 amide bonds. The number of halogens is 1. The van der Waals surface area contributed by atoms with Gasteiger partial charge in [0.05, 0.1) is 6.04 Å². The Kier molecular flexibility index (Phi) is 6.23. The molecule has 0 saturated carbocycles. The van der Waals surface area contributed by atoms with Crippen molar-refractivity contribution in [2.24, 2.45) is 0 Å². The first-order valence-electron chi connectivity index (χ1n) is 10.2. The molecule has 2 heterocycles. The topological polar surface area (TPSA) is 56.4 Å². The molecule has 0 radical (unpaired) electrons. The van der Waals surface area contributed by atoms with Crippen LogP contribution in [0.4, 0.5) is 0 Å². The first-order valence-corrected chi connectivity index (χ1v) is 10.6. The smallest absolute Gasteiger partial charge is 0.275 e. The van der Waals surface area contributed by atoms with Gasteiger partial charge in [0.25, 0.3) is 5.91 Å². The Balaban J connectivity index is 1.22. The van der Waals surface area contributed by atoms with Crippen molar-refractivity contribution in [3.8, 4) is 11.5 Å². The number of quaternary nitrogens is 2. The van der Waals surface area contributed by atoms with Gasteiger partial charge in [0.15, 0.2) is 18.0 Å². The van der Waals surface area contributed by atoms with E-state index in [1.807, 2.05) is 37.3 Å². The van der Waals surface area contributed by atoms with Crippen LogP contribution in [-0.2, 0) is 11.3 Å². The van der Waals surface area contributed by atoms with Crippen LogP contribution in [-0.4, -0.2) is 45.4 Å². The number of hydrogen-bond donors (Lipinski definition) is 3. The summed E-state index contributed by atoms with van der Waals surface area (Å²) < 4.78 is 10.9. The maximum atomic E-state index is 12.5. The summed E-state index contributed by atoms with van der Waals surface area (Å²) in [5, 5.41) is 3.77. The normalized spacial score (nSPS) is 21.6. The molecule has 3 N–H and O–H groups in total. The third kappa shape index (κ3) is 5.01. The molecule has 2 aliphatic rings. The minimum Gasteiger partial charge on any atom is -0.454 e. The van der Waals surface area contributed by atoms with Crippen LogP contribution in [0.2, 0.25) is 5.02 Å². The fraction of sp³-hybridized carbons (Fsp3) is 0.409. The Morgan fingerprint density at radius 1 is 1.07 bits per heavy atom. The van der Waals surface area contributed by atoms with Crippen molar-refractivity contribution in [2.75, 3.05) is 39.5 Å². The molecule has 2 aromatic rings. The van der Waals surface area contributed by atoms with Crippen molar-refractivity contribution in [1.82, 2.24) is 5.32 Å². The molecule has 154 valence electrons. The highest BCUT2D eigenvalue weighted by Gasteiger charge is 2.26. The number of nitrogens with one attached hydrogen (secondary N) is 3. The molecule has 2 aliphatic heterocycles. The van der Waals surface area contributed by atoms with E-state index in [0.29, 0.717) is 18.4 Å². The van der Waals surface area contributed by atoms with Crippen LogP contribution < -0.4 is 24.6 Å². The molecule has 0 aromatic heterocycles. The van der Waals surface area contributed by atoms with Gasteiger partial charge in [-0.15, -0.1) is 0 Å². The number of ether oxygens (including phenoxy) is 2. The third-order valence-electron chi connectivity index (χ3n) is 5.72. The van der Waals surface area contributed by atoms with Gasteiger partial charge >= 0.3 is 0 Å². The number of piperazine rings is 1. The van der Waals surface area contributed by atoms with Crippen LogP contribution >= 0.6 is 11.6 Å². The van der Waals surface area contributed by atoms with Gasteiger partial charge in [-0.25, -0.2) is 0 Å². The summed E-state index contributed by atoms with van der Waals surface area (Å²) in [7, 11) is 0. The van der Waals surface area contributed by atoms with Crippen molar-refractivity contribution >= 4 is 17.5 Å². The number of hydrogen-bond acceptors (Lipinski definition) is 3. The zero-order valence-corrected chi connectivity index (χ0v) is 17.4. The fourth-order valence-corrected chi connectivity index (χ4v) is 4.37. The summed E-state index contributed by atoms with van der Waals surface area (Å²) in [6, 6.07) is 13.7. The second kappa shape index (κ2) is 9.03. The van der Waals surface area contributed by atoms with E-state index in [9.17, 15) is 4.79 Å². The number of amides is 1. The molecule has 0 aliphatic carbocycles. The lowest BCUT2D eigenvalue weighted by Gasteiger charge is -2.29. The maximum Gasteiger partial charge on any atom is 0.275 e. The van der Waals surface area contributed by atoms with Gasteiger partial charge in [-0.05, 0) is 36.8 Å². The first kappa shape index (κ1) is 20.0. The zero-order valence-electron chi connectivity index (χ0n) is 16.7. The highest BCUT2D eigenvalue weighted by Crippen LogP contribution is 2.32. The SMILES string of the molecule is C[C@H](NC(=O)C[NH+]1CC[NH+](Cc2ccc3c(c2)OCO3)CC1)c1ccccc1Cl. The van der Waals surface area contributed by atoms with Crippen molar-refractivity contribution in [1.29, 1.82) is 0 Å². The van der Waals surface area contributed by atoms with E-state index in [0.717, 1.165) is 49.8 Å². The first-order chi connectivity index (χ1) is 14.1. The van der Waals surface area contributed by atoms with E-state index < -0.39 is 0 Å². The highest BCUT2D eigenvalue weighted by molar-refractivity contribution is 6.31. The van der Waals surface area contributed by atoms with E-state index in [4.69, 9.17) is 21.1 Å². The number of rotatable bonds is 6. The predicted molar refractivity (Wildman–Crippen MR) is 111 cm³/mol. The molecule has 0 bridgehead atoms. The van der Waals surface area contributed by atoms with Crippen LogP contribution in [0, 0.1) is 0 Å². The van der Waals surface area contributed by atoms with Crippen LogP contribution in [0.25, 0.3) is 0 Å². The fourth-order valence-electron chi connectivity index (χ4n) is 4.07. The van der Waals surface area contributed by atoms with E-state index in [1.54, 1.807) is 0 Å². The standard InChI is InChI=1S/C22H26ClN3O3/c1-16(18-4-2-3-5-19(18)23)24-22(27)14-26-10-8-25(9-11-26)13-17-6-7-20-21(12-17)29-15-28-20/h2-7,12,16H,8-11,13-15H2,1H3,(H,24,27)/p+2/t16-/m0/s1. The minimum absolute atomic E-state index is 0.0756. The van der Waals surface area contributed by atoms with Crippen molar-refractivity contribution in [3.05, 3.63) is 58.6 Å². The lowest BCUT2D eigenvalue weighted by molar-refractivity contribution is -1.02. The molecule has 0 spiro atoms. The van der Waals surface area contributed by atoms with Gasteiger partial charge in [-0.2, -0.15) is 0 Å². The van der Waals surface area contributed by atoms with E-state index in [-0.39, 0.29) is 11.9 Å². The van der Waals surface area contributed by atoms with E-state index in [2.05, 4.69) is 17.4 Å². The number of benzene rings is 2. The molecule has 2 aromatic carbocycles. The van der Waals surface area contributed by atoms with Gasteiger partial charge in [0.2, 0.25) is 6.79 Å². The molecule has 7 heteroatoms. The van der Waals surface area contributed by atoms with Gasteiger partial charge in [0, 0.05) is 10.6 Å². The lowest BCUT2D eigenvalue weighted by atomic mass is 10.1. The van der Waals surface area contributed by atoms with Crippen molar-refractivity contribution in [3.63, 3.8) is 0 Å². The Labute approximate surface area is 176 Å². The van der Waals surface area contributed by atoms with Gasteiger partial charge in [-0.1, -0.05) is 29.8 Å². The summed E-state index contributed by atoms with van der Waals surface area (Å²) in [4.78, 5) is 15.4. The highest BCUT2D eigenvalue weighted by atomic mass is 35.5. The van der Waals surface area contributed by atoms with E-state index >= 15 is 0 Å². The van der Waals surface area contributed by atoms with E-state index in [1.165, 1.54) is 15.4 Å². The summed E-state index contributed by atoms with van der Waals surface area (Å²) in [6.07, 6.45) is 0. The summed E-state index contributed by atoms with van der Waals surface area (Å²) in [5.74, 6) is 1.75. The van der Waals surface area contributed by atoms with Crippen molar-refractivity contribution < 1.29 is 24.1 Å². The Morgan fingerprint density at radius 3 is 2.59 bits per heavy atom. The Morgan fingerprint density at radius 2 is 1.79 bits per heavy atom. The molecule has 1 fully saturated rings. The molecular weight excluding hydrogens is 390 g/mol. The van der Waals surface area contributed by atoms with Gasteiger partial charge in [0.1, 0.15) is 32.7 Å². The van der Waals surface area contributed by atoms with Crippen LogP contribution in [0.5, 0.6) is 11.5 Å². The minimum atomic E-state index is -0.0893. The van der Waals surface area contributed by atoms with Crippen LogP contribution in [0.3, 0.4) is 0 Å². The Hall–Kier alpha value is -2.28. The summed E-state index contributed by atoms with van der Waals surface area (Å²) >= 11 is 6.23. The second-order valence-corrected chi connectivity index (χ2v) is 8.26. The molecule has 29 heavy (non-hydrogen) atoms. The Bertz CT molecular complexity index is 868. The average Bonchev–Trinajstić information content (AvgIpc) is 3.17. The molecule has 4 rings (SSSR count). The van der Waals surface area contributed by atoms with Crippen LogP contribution in [0.1, 0.15) is 24.1 Å². The second-order valence-electron chi connectivity index (χ2n) is 7.85. The maximum absolute atomic E-state index is 12.5. The summed E-state index contributed by atoms with van der Waals surface area (Å²) in [5.41, 5.74) is 2.22. The quantitative estimate of drug-likeness (QED) is 0.630. The number of carbonyl (C=O) groups is 1. The molecule has 6 nitrogen and oxygen atoms in total. The lowest BCUT2D eigenvalue weighted by Crippen LogP contribution is -3.28. The average molecular weight is 418 g/mol. The molecule has 1 atom stereocenters. The zero-order chi connectivity index (χ0) is 20.2. The molecule has 1 saturated heterocycles. The van der Waals surface area contributed by atoms with Gasteiger partial charge < -0.3 is 24.6 Å². The van der Waals surface area contributed by atoms with Crippen LogP contribution in [0.15, 0.2) is 42.5 Å². The summed E-state index contributed by atoms with van der Waals surface area (Å²) in [6.45, 7) is 7.86. The van der Waals surface area contributed by atoms with Gasteiger partial charge in [-0.3, -0.25) is 4.79 Å². The number of fused-ring (bicyclic) bond motifs is 1. The number of carbonyl (C=O) groups excluding carboxylic acids is 1.